The summed E-state index contributed by atoms with van der Waals surface area (Å²) in [6.07, 6.45) is 2.38. The van der Waals surface area contributed by atoms with Gasteiger partial charge in [-0.15, -0.1) is 0 Å². The van der Waals surface area contributed by atoms with Crippen LogP contribution in [0.4, 0.5) is 11.4 Å². The van der Waals surface area contributed by atoms with Crippen molar-refractivity contribution < 1.29 is 9.59 Å². The zero-order valence-corrected chi connectivity index (χ0v) is 12.0. The molecule has 0 radical (unpaired) electrons. The van der Waals surface area contributed by atoms with E-state index in [1.807, 2.05) is 32.2 Å². The molecule has 0 unspecified atom stereocenters. The number of benzene rings is 1. The van der Waals surface area contributed by atoms with Crippen LogP contribution in [0.2, 0.25) is 0 Å². The SMILES string of the molecule is CNCCC(=O)Nc1cc(NC(=O)C2CC2)ccc1C. The van der Waals surface area contributed by atoms with Crippen molar-refractivity contribution in [3.05, 3.63) is 23.8 Å². The zero-order chi connectivity index (χ0) is 14.5. The molecule has 1 aliphatic rings. The first-order chi connectivity index (χ1) is 9.60. The zero-order valence-electron chi connectivity index (χ0n) is 12.0. The first-order valence-electron chi connectivity index (χ1n) is 6.96. The van der Waals surface area contributed by atoms with Gasteiger partial charge in [0.05, 0.1) is 0 Å². The molecule has 1 aliphatic carbocycles. The van der Waals surface area contributed by atoms with Gasteiger partial charge in [0.15, 0.2) is 0 Å². The summed E-state index contributed by atoms with van der Waals surface area (Å²) >= 11 is 0. The smallest absolute Gasteiger partial charge is 0.227 e. The summed E-state index contributed by atoms with van der Waals surface area (Å²) in [7, 11) is 1.81. The second-order valence-electron chi connectivity index (χ2n) is 5.19. The maximum atomic E-state index is 11.7. The molecule has 2 amide bonds. The molecule has 1 aromatic carbocycles. The van der Waals surface area contributed by atoms with Crippen LogP contribution in [-0.2, 0) is 9.59 Å². The van der Waals surface area contributed by atoms with Crippen molar-refractivity contribution in [2.75, 3.05) is 24.2 Å². The minimum absolute atomic E-state index is 0.0341. The number of aryl methyl sites for hydroxylation is 1. The lowest BCUT2D eigenvalue weighted by molar-refractivity contribution is -0.117. The van der Waals surface area contributed by atoms with Crippen molar-refractivity contribution in [3.8, 4) is 0 Å². The van der Waals surface area contributed by atoms with Crippen LogP contribution in [0.3, 0.4) is 0 Å². The van der Waals surface area contributed by atoms with Crippen molar-refractivity contribution in [1.82, 2.24) is 5.32 Å². The van der Waals surface area contributed by atoms with Crippen LogP contribution < -0.4 is 16.0 Å². The number of rotatable bonds is 6. The van der Waals surface area contributed by atoms with Gasteiger partial charge in [-0.25, -0.2) is 0 Å². The fourth-order valence-electron chi connectivity index (χ4n) is 1.88. The van der Waals surface area contributed by atoms with Crippen molar-refractivity contribution >= 4 is 23.2 Å². The number of nitrogens with one attached hydrogen (secondary N) is 3. The molecule has 20 heavy (non-hydrogen) atoms. The lowest BCUT2D eigenvalue weighted by Gasteiger charge is -2.11. The van der Waals surface area contributed by atoms with Gasteiger partial charge in [-0.3, -0.25) is 9.59 Å². The summed E-state index contributed by atoms with van der Waals surface area (Å²) in [6, 6.07) is 5.57. The van der Waals surface area contributed by atoms with E-state index in [1.165, 1.54) is 0 Å². The molecule has 108 valence electrons. The maximum absolute atomic E-state index is 11.7. The highest BCUT2D eigenvalue weighted by molar-refractivity contribution is 5.96. The van der Waals surface area contributed by atoms with Crippen molar-refractivity contribution in [2.24, 2.45) is 5.92 Å². The predicted octanol–water partition coefficient (Wildman–Crippen LogP) is 1.89. The lowest BCUT2D eigenvalue weighted by atomic mass is 10.1. The average molecular weight is 275 g/mol. The normalized spacial score (nSPS) is 13.9. The molecule has 0 heterocycles. The Labute approximate surface area is 119 Å². The van der Waals surface area contributed by atoms with Crippen molar-refractivity contribution in [2.45, 2.75) is 26.2 Å². The Morgan fingerprint density at radius 3 is 2.65 bits per heavy atom. The van der Waals surface area contributed by atoms with Gasteiger partial charge < -0.3 is 16.0 Å². The highest BCUT2D eigenvalue weighted by atomic mass is 16.2. The highest BCUT2D eigenvalue weighted by Crippen LogP contribution is 2.30. The molecule has 2 rings (SSSR count). The fraction of sp³-hybridized carbons (Fsp3) is 0.467. The molecule has 0 aromatic heterocycles. The maximum Gasteiger partial charge on any atom is 0.227 e. The standard InChI is InChI=1S/C15H21N3O2/c1-10-3-6-12(17-15(20)11-4-5-11)9-13(10)18-14(19)7-8-16-2/h3,6,9,11,16H,4-5,7-8H2,1-2H3,(H,17,20)(H,18,19). The van der Waals surface area contributed by atoms with Crippen LogP contribution in [-0.4, -0.2) is 25.4 Å². The predicted molar refractivity (Wildman–Crippen MR) is 79.7 cm³/mol. The minimum Gasteiger partial charge on any atom is -0.326 e. The lowest BCUT2D eigenvalue weighted by Crippen LogP contribution is -2.19. The third-order valence-corrected chi connectivity index (χ3v) is 3.33. The summed E-state index contributed by atoms with van der Waals surface area (Å²) < 4.78 is 0. The van der Waals surface area contributed by atoms with E-state index in [2.05, 4.69) is 16.0 Å². The molecule has 0 bridgehead atoms. The number of hydrogen-bond acceptors (Lipinski definition) is 3. The van der Waals surface area contributed by atoms with E-state index in [9.17, 15) is 9.59 Å². The largest absolute Gasteiger partial charge is 0.326 e. The van der Waals surface area contributed by atoms with Crippen LogP contribution in [0.1, 0.15) is 24.8 Å². The van der Waals surface area contributed by atoms with Gasteiger partial charge in [0.2, 0.25) is 11.8 Å². The topological polar surface area (TPSA) is 70.2 Å². The van der Waals surface area contributed by atoms with Gasteiger partial charge in [0, 0.05) is 30.3 Å². The molecular formula is C15H21N3O2. The third kappa shape index (κ3) is 4.06. The van der Waals surface area contributed by atoms with E-state index in [4.69, 9.17) is 0 Å². The van der Waals surface area contributed by atoms with Gasteiger partial charge in [-0.1, -0.05) is 6.07 Å². The number of carbonyl (C=O) groups is 2. The van der Waals surface area contributed by atoms with E-state index in [0.717, 1.165) is 29.8 Å². The molecule has 0 aliphatic heterocycles. The molecule has 0 atom stereocenters. The molecular weight excluding hydrogens is 254 g/mol. The molecule has 0 saturated heterocycles. The summed E-state index contributed by atoms with van der Waals surface area (Å²) in [5, 5.41) is 8.70. The molecule has 3 N–H and O–H groups in total. The highest BCUT2D eigenvalue weighted by Gasteiger charge is 2.29. The average Bonchev–Trinajstić information content (AvgIpc) is 3.24. The molecule has 5 heteroatoms. The first kappa shape index (κ1) is 14.5. The van der Waals surface area contributed by atoms with Crippen LogP contribution in [0, 0.1) is 12.8 Å². The van der Waals surface area contributed by atoms with Crippen molar-refractivity contribution in [3.63, 3.8) is 0 Å². The monoisotopic (exact) mass is 275 g/mol. The summed E-state index contributed by atoms with van der Waals surface area (Å²) in [5.74, 6) is 0.208. The summed E-state index contributed by atoms with van der Waals surface area (Å²) in [4.78, 5) is 23.5. The molecule has 1 fully saturated rings. The van der Waals surface area contributed by atoms with E-state index >= 15 is 0 Å². The first-order valence-corrected chi connectivity index (χ1v) is 6.96. The Morgan fingerprint density at radius 2 is 2.00 bits per heavy atom. The number of amides is 2. The Hall–Kier alpha value is -1.88. The molecule has 5 nitrogen and oxygen atoms in total. The van der Waals surface area contributed by atoms with E-state index in [0.29, 0.717) is 13.0 Å². The Bertz CT molecular complexity index is 510. The van der Waals surface area contributed by atoms with Gasteiger partial charge in [-0.05, 0) is 44.5 Å². The quantitative estimate of drug-likeness (QED) is 0.742. The second kappa shape index (κ2) is 6.52. The van der Waals surface area contributed by atoms with Crippen molar-refractivity contribution in [1.29, 1.82) is 0 Å². The van der Waals surface area contributed by atoms with Gasteiger partial charge >= 0.3 is 0 Å². The molecule has 1 saturated carbocycles. The molecule has 0 spiro atoms. The minimum atomic E-state index is -0.0341. The van der Waals surface area contributed by atoms with Gasteiger partial charge in [-0.2, -0.15) is 0 Å². The Kier molecular flexibility index (Phi) is 4.74. The fourth-order valence-corrected chi connectivity index (χ4v) is 1.88. The molecule has 1 aromatic rings. The number of hydrogen-bond donors (Lipinski definition) is 3. The third-order valence-electron chi connectivity index (χ3n) is 3.33. The van der Waals surface area contributed by atoms with E-state index in [1.54, 1.807) is 0 Å². The van der Waals surface area contributed by atoms with Crippen LogP contribution in [0.15, 0.2) is 18.2 Å². The van der Waals surface area contributed by atoms with Gasteiger partial charge in [0.1, 0.15) is 0 Å². The Balaban J connectivity index is 2.00. The van der Waals surface area contributed by atoms with E-state index < -0.39 is 0 Å². The summed E-state index contributed by atoms with van der Waals surface area (Å²) in [6.45, 7) is 2.57. The number of carbonyl (C=O) groups excluding carboxylic acids is 2. The van der Waals surface area contributed by atoms with Crippen LogP contribution in [0.25, 0.3) is 0 Å². The Morgan fingerprint density at radius 1 is 1.25 bits per heavy atom. The second-order valence-corrected chi connectivity index (χ2v) is 5.19. The number of anilines is 2. The van der Waals surface area contributed by atoms with Gasteiger partial charge in [0.25, 0.3) is 0 Å². The summed E-state index contributed by atoms with van der Waals surface area (Å²) in [5.41, 5.74) is 2.46. The van der Waals surface area contributed by atoms with E-state index in [-0.39, 0.29) is 17.7 Å². The van der Waals surface area contributed by atoms with Crippen LogP contribution >= 0.6 is 0 Å². The van der Waals surface area contributed by atoms with Crippen LogP contribution in [0.5, 0.6) is 0 Å².